The maximum Gasteiger partial charge on any atom is 0.250 e. The van der Waals surface area contributed by atoms with E-state index in [0.29, 0.717) is 6.54 Å². The minimum absolute atomic E-state index is 0.0337. The number of nitrogen functional groups attached to an aromatic ring is 1. The van der Waals surface area contributed by atoms with Gasteiger partial charge in [-0.25, -0.2) is 0 Å². The van der Waals surface area contributed by atoms with E-state index in [1.807, 2.05) is 30.3 Å². The van der Waals surface area contributed by atoms with Crippen molar-refractivity contribution in [2.45, 2.75) is 13.0 Å². The summed E-state index contributed by atoms with van der Waals surface area (Å²) < 4.78 is 1.70. The number of hydrogen-bond donors (Lipinski definition) is 1. The highest BCUT2D eigenvalue weighted by Gasteiger charge is 1.96. The zero-order valence-corrected chi connectivity index (χ0v) is 8.97. The van der Waals surface area contributed by atoms with Gasteiger partial charge in [-0.1, -0.05) is 18.2 Å². The summed E-state index contributed by atoms with van der Waals surface area (Å²) >= 11 is 0. The van der Waals surface area contributed by atoms with Gasteiger partial charge < -0.3 is 10.3 Å². The van der Waals surface area contributed by atoms with Crippen molar-refractivity contribution in [2.75, 3.05) is 5.73 Å². The van der Waals surface area contributed by atoms with Crippen LogP contribution in [-0.4, -0.2) is 4.57 Å². The zero-order chi connectivity index (χ0) is 11.4. The number of rotatable bonds is 3. The minimum atomic E-state index is 0.0337. The lowest BCUT2D eigenvalue weighted by Gasteiger charge is -2.05. The number of pyridine rings is 1. The van der Waals surface area contributed by atoms with E-state index in [1.165, 1.54) is 0 Å². The van der Waals surface area contributed by atoms with E-state index in [-0.39, 0.29) is 5.56 Å². The molecule has 3 nitrogen and oxygen atoms in total. The van der Waals surface area contributed by atoms with Gasteiger partial charge in [-0.15, -0.1) is 0 Å². The van der Waals surface area contributed by atoms with E-state index in [2.05, 4.69) is 0 Å². The van der Waals surface area contributed by atoms with Gasteiger partial charge in [0.25, 0.3) is 5.56 Å². The van der Waals surface area contributed by atoms with Crippen molar-refractivity contribution in [3.05, 3.63) is 64.6 Å². The van der Waals surface area contributed by atoms with Crippen molar-refractivity contribution in [2.24, 2.45) is 0 Å². The Labute approximate surface area is 94.1 Å². The molecule has 0 aliphatic carbocycles. The van der Waals surface area contributed by atoms with Gasteiger partial charge in [0.2, 0.25) is 0 Å². The third-order valence-corrected chi connectivity index (χ3v) is 2.49. The summed E-state index contributed by atoms with van der Waals surface area (Å²) in [6.07, 6.45) is 2.61. The molecule has 0 amide bonds. The van der Waals surface area contributed by atoms with Gasteiger partial charge >= 0.3 is 0 Å². The summed E-state index contributed by atoms with van der Waals surface area (Å²) in [6, 6.07) is 12.9. The van der Waals surface area contributed by atoms with Gasteiger partial charge in [0.05, 0.1) is 0 Å². The Hall–Kier alpha value is -2.03. The van der Waals surface area contributed by atoms with Gasteiger partial charge in [-0.05, 0) is 30.2 Å². The highest BCUT2D eigenvalue weighted by molar-refractivity contribution is 5.40. The molecule has 2 N–H and O–H groups in total. The second-order valence-electron chi connectivity index (χ2n) is 3.73. The summed E-state index contributed by atoms with van der Waals surface area (Å²) in [4.78, 5) is 11.4. The molecule has 0 spiro atoms. The standard InChI is InChI=1S/C13H14N2O/c14-12-5-3-4-11(10-12)7-9-15-8-2-1-6-13(15)16/h1-6,8,10H,7,9,14H2. The summed E-state index contributed by atoms with van der Waals surface area (Å²) in [7, 11) is 0. The van der Waals surface area contributed by atoms with Crippen LogP contribution in [0.25, 0.3) is 0 Å². The maximum atomic E-state index is 11.4. The van der Waals surface area contributed by atoms with E-state index < -0.39 is 0 Å². The molecule has 82 valence electrons. The third kappa shape index (κ3) is 2.51. The molecule has 0 aliphatic rings. The Morgan fingerprint density at radius 2 is 2.00 bits per heavy atom. The molecule has 3 heteroatoms. The molecular weight excluding hydrogens is 200 g/mol. The van der Waals surface area contributed by atoms with Crippen LogP contribution in [0.3, 0.4) is 0 Å². The molecule has 0 atom stereocenters. The summed E-state index contributed by atoms with van der Waals surface area (Å²) in [5.41, 5.74) is 7.63. The molecule has 16 heavy (non-hydrogen) atoms. The molecule has 0 unspecified atom stereocenters. The molecule has 1 aromatic carbocycles. The van der Waals surface area contributed by atoms with Crippen LogP contribution >= 0.6 is 0 Å². The average molecular weight is 214 g/mol. The predicted octanol–water partition coefficient (Wildman–Crippen LogP) is 1.67. The molecule has 0 saturated heterocycles. The highest BCUT2D eigenvalue weighted by atomic mass is 16.1. The molecule has 0 aliphatic heterocycles. The predicted molar refractivity (Wildman–Crippen MR) is 65.3 cm³/mol. The first-order valence-corrected chi connectivity index (χ1v) is 5.25. The van der Waals surface area contributed by atoms with Gasteiger partial charge in [0, 0.05) is 24.5 Å². The summed E-state index contributed by atoms with van der Waals surface area (Å²) in [5, 5.41) is 0. The van der Waals surface area contributed by atoms with Gasteiger partial charge in [0.15, 0.2) is 0 Å². The Bertz CT molecular complexity index is 531. The smallest absolute Gasteiger partial charge is 0.250 e. The second-order valence-corrected chi connectivity index (χ2v) is 3.73. The lowest BCUT2D eigenvalue weighted by Crippen LogP contribution is -2.18. The highest BCUT2D eigenvalue weighted by Crippen LogP contribution is 2.07. The van der Waals surface area contributed by atoms with E-state index in [4.69, 9.17) is 5.73 Å². The van der Waals surface area contributed by atoms with E-state index in [0.717, 1.165) is 17.7 Å². The van der Waals surface area contributed by atoms with Crippen molar-refractivity contribution in [3.63, 3.8) is 0 Å². The van der Waals surface area contributed by atoms with Crippen LogP contribution in [-0.2, 0) is 13.0 Å². The average Bonchev–Trinajstić information content (AvgIpc) is 2.28. The molecule has 1 heterocycles. The first kappa shape index (κ1) is 10.5. The van der Waals surface area contributed by atoms with E-state index in [1.54, 1.807) is 22.9 Å². The lowest BCUT2D eigenvalue weighted by molar-refractivity contribution is 0.670. The van der Waals surface area contributed by atoms with Crippen LogP contribution < -0.4 is 11.3 Å². The molecule has 0 fully saturated rings. The fourth-order valence-electron chi connectivity index (χ4n) is 1.64. The molecular formula is C13H14N2O. The topological polar surface area (TPSA) is 48.0 Å². The quantitative estimate of drug-likeness (QED) is 0.790. The zero-order valence-electron chi connectivity index (χ0n) is 8.97. The Kier molecular flexibility index (Phi) is 3.05. The normalized spacial score (nSPS) is 10.2. The molecule has 0 bridgehead atoms. The monoisotopic (exact) mass is 214 g/mol. The summed E-state index contributed by atoms with van der Waals surface area (Å²) in [5.74, 6) is 0. The lowest BCUT2D eigenvalue weighted by atomic mass is 10.1. The molecule has 0 radical (unpaired) electrons. The fraction of sp³-hybridized carbons (Fsp3) is 0.154. The van der Waals surface area contributed by atoms with Gasteiger partial charge in [-0.2, -0.15) is 0 Å². The number of aromatic nitrogens is 1. The Morgan fingerprint density at radius 3 is 2.75 bits per heavy atom. The van der Waals surface area contributed by atoms with Crippen molar-refractivity contribution in [1.29, 1.82) is 0 Å². The van der Waals surface area contributed by atoms with Crippen LogP contribution in [0.1, 0.15) is 5.56 Å². The Morgan fingerprint density at radius 1 is 1.12 bits per heavy atom. The molecule has 2 aromatic rings. The minimum Gasteiger partial charge on any atom is -0.399 e. The van der Waals surface area contributed by atoms with Crippen molar-refractivity contribution < 1.29 is 0 Å². The maximum absolute atomic E-state index is 11.4. The number of hydrogen-bond acceptors (Lipinski definition) is 2. The number of nitrogens with zero attached hydrogens (tertiary/aromatic N) is 1. The number of anilines is 1. The van der Waals surface area contributed by atoms with Crippen molar-refractivity contribution in [1.82, 2.24) is 4.57 Å². The molecule has 0 saturated carbocycles. The molecule has 2 rings (SSSR count). The summed E-state index contributed by atoms with van der Waals surface area (Å²) in [6.45, 7) is 0.684. The van der Waals surface area contributed by atoms with Gasteiger partial charge in [-0.3, -0.25) is 4.79 Å². The second kappa shape index (κ2) is 4.66. The SMILES string of the molecule is Nc1cccc(CCn2ccccc2=O)c1. The number of benzene rings is 1. The van der Waals surface area contributed by atoms with Gasteiger partial charge in [0.1, 0.15) is 0 Å². The van der Waals surface area contributed by atoms with Crippen LogP contribution in [0.15, 0.2) is 53.5 Å². The molecule has 1 aromatic heterocycles. The number of aryl methyl sites for hydroxylation is 2. The van der Waals surface area contributed by atoms with Crippen molar-refractivity contribution >= 4 is 5.69 Å². The van der Waals surface area contributed by atoms with Crippen molar-refractivity contribution in [3.8, 4) is 0 Å². The van der Waals surface area contributed by atoms with E-state index >= 15 is 0 Å². The number of nitrogens with two attached hydrogens (primary N) is 1. The first-order valence-electron chi connectivity index (χ1n) is 5.25. The van der Waals surface area contributed by atoms with Crippen LogP contribution in [0.4, 0.5) is 5.69 Å². The Balaban J connectivity index is 2.08. The first-order chi connectivity index (χ1) is 7.75. The van der Waals surface area contributed by atoms with E-state index in [9.17, 15) is 4.79 Å². The third-order valence-electron chi connectivity index (χ3n) is 2.49. The van der Waals surface area contributed by atoms with Crippen LogP contribution in [0.2, 0.25) is 0 Å². The largest absolute Gasteiger partial charge is 0.399 e. The fourth-order valence-corrected chi connectivity index (χ4v) is 1.64. The van der Waals surface area contributed by atoms with Crippen LogP contribution in [0.5, 0.6) is 0 Å². The van der Waals surface area contributed by atoms with Crippen LogP contribution in [0, 0.1) is 0 Å².